The van der Waals surface area contributed by atoms with Crippen molar-refractivity contribution in [2.45, 2.75) is 18.9 Å². The highest BCUT2D eigenvalue weighted by atomic mass is 16.5. The molecule has 0 spiro atoms. The first kappa shape index (κ1) is 19.0. The van der Waals surface area contributed by atoms with Crippen LogP contribution in [0.1, 0.15) is 23.2 Å². The maximum absolute atomic E-state index is 12.6. The van der Waals surface area contributed by atoms with E-state index in [0.717, 1.165) is 37.3 Å². The van der Waals surface area contributed by atoms with Gasteiger partial charge in [-0.2, -0.15) is 0 Å². The summed E-state index contributed by atoms with van der Waals surface area (Å²) in [5.41, 5.74) is 2.33. The summed E-state index contributed by atoms with van der Waals surface area (Å²) in [5.74, 6) is 0.894. The van der Waals surface area contributed by atoms with Crippen LogP contribution < -0.4 is 19.7 Å². The Kier molecular flexibility index (Phi) is 6.19. The van der Waals surface area contributed by atoms with Crippen LogP contribution in [0.15, 0.2) is 42.5 Å². The number of methoxy groups -OCH3 is 3. The lowest BCUT2D eigenvalue weighted by molar-refractivity contribution is 0.0893. The number of amides is 1. The zero-order chi connectivity index (χ0) is 19.2. The van der Waals surface area contributed by atoms with Gasteiger partial charge in [-0.25, -0.2) is 0 Å². The molecule has 0 radical (unpaired) electrons. The van der Waals surface area contributed by atoms with E-state index in [4.69, 9.17) is 14.2 Å². The molecule has 1 atom stereocenters. The van der Waals surface area contributed by atoms with Crippen molar-refractivity contribution < 1.29 is 19.0 Å². The van der Waals surface area contributed by atoms with E-state index in [0.29, 0.717) is 17.1 Å². The van der Waals surface area contributed by atoms with Gasteiger partial charge in [-0.05, 0) is 49.2 Å². The highest BCUT2D eigenvalue weighted by Gasteiger charge is 2.20. The minimum Gasteiger partial charge on any atom is -0.497 e. The normalized spacial score (nSPS) is 16.7. The fourth-order valence-electron chi connectivity index (χ4n) is 3.31. The van der Waals surface area contributed by atoms with Crippen LogP contribution in [-0.4, -0.2) is 46.4 Å². The van der Waals surface area contributed by atoms with Gasteiger partial charge in [0, 0.05) is 37.6 Å². The lowest BCUT2D eigenvalue weighted by atomic mass is 10.1. The number of nitrogens with zero attached hydrogens (tertiary/aromatic N) is 1. The van der Waals surface area contributed by atoms with E-state index in [1.54, 1.807) is 32.4 Å². The second-order valence-electron chi connectivity index (χ2n) is 6.51. The molecule has 1 saturated heterocycles. The lowest BCUT2D eigenvalue weighted by Gasteiger charge is -2.33. The molecule has 1 unspecified atom stereocenters. The van der Waals surface area contributed by atoms with Crippen molar-refractivity contribution in [3.8, 4) is 11.5 Å². The molecule has 1 aliphatic rings. The maximum Gasteiger partial charge on any atom is 0.259 e. The SMILES string of the molecule is COc1ccc(C(=O)Nc2ccc(N3CCCC(OC)C3)cc2)c(OC)c1. The summed E-state index contributed by atoms with van der Waals surface area (Å²) >= 11 is 0. The number of hydrogen-bond acceptors (Lipinski definition) is 5. The molecule has 1 heterocycles. The molecule has 3 rings (SSSR count). The van der Waals surface area contributed by atoms with Crippen molar-refractivity contribution in [3.05, 3.63) is 48.0 Å². The molecular formula is C21H26N2O4. The van der Waals surface area contributed by atoms with E-state index in [2.05, 4.69) is 10.2 Å². The minimum atomic E-state index is -0.223. The Bertz CT molecular complexity index is 776. The van der Waals surface area contributed by atoms with E-state index < -0.39 is 0 Å². The summed E-state index contributed by atoms with van der Waals surface area (Å²) in [5, 5.41) is 2.92. The van der Waals surface area contributed by atoms with Gasteiger partial charge in [0.05, 0.1) is 25.9 Å². The average molecular weight is 370 g/mol. The van der Waals surface area contributed by atoms with Crippen LogP contribution in [0.5, 0.6) is 11.5 Å². The van der Waals surface area contributed by atoms with Gasteiger partial charge in [-0.1, -0.05) is 0 Å². The Hall–Kier alpha value is -2.73. The average Bonchev–Trinajstić information content (AvgIpc) is 2.73. The quantitative estimate of drug-likeness (QED) is 0.842. The van der Waals surface area contributed by atoms with Crippen molar-refractivity contribution in [2.75, 3.05) is 44.6 Å². The predicted molar refractivity (Wildman–Crippen MR) is 106 cm³/mol. The van der Waals surface area contributed by atoms with Gasteiger partial charge in [0.2, 0.25) is 0 Å². The van der Waals surface area contributed by atoms with Gasteiger partial charge in [0.1, 0.15) is 11.5 Å². The summed E-state index contributed by atoms with van der Waals surface area (Å²) in [6.45, 7) is 1.92. The van der Waals surface area contributed by atoms with Gasteiger partial charge in [0.25, 0.3) is 5.91 Å². The molecule has 6 heteroatoms. The summed E-state index contributed by atoms with van der Waals surface area (Å²) in [7, 11) is 4.87. The molecule has 27 heavy (non-hydrogen) atoms. The maximum atomic E-state index is 12.6. The van der Waals surface area contributed by atoms with Crippen molar-refractivity contribution in [1.82, 2.24) is 0 Å². The Morgan fingerprint density at radius 1 is 1.07 bits per heavy atom. The van der Waals surface area contributed by atoms with Gasteiger partial charge in [-0.3, -0.25) is 4.79 Å². The second kappa shape index (κ2) is 8.77. The number of hydrogen-bond donors (Lipinski definition) is 1. The number of anilines is 2. The number of nitrogens with one attached hydrogen (secondary N) is 1. The summed E-state index contributed by atoms with van der Waals surface area (Å²) in [6, 6.07) is 13.0. The predicted octanol–water partition coefficient (Wildman–Crippen LogP) is 3.57. The van der Waals surface area contributed by atoms with Crippen LogP contribution in [0.25, 0.3) is 0 Å². The first-order chi connectivity index (χ1) is 13.1. The zero-order valence-electron chi connectivity index (χ0n) is 16.0. The summed E-state index contributed by atoms with van der Waals surface area (Å²) in [4.78, 5) is 14.9. The second-order valence-corrected chi connectivity index (χ2v) is 6.51. The molecule has 1 N–H and O–H groups in total. The van der Waals surface area contributed by atoms with Crippen molar-refractivity contribution >= 4 is 17.3 Å². The number of rotatable bonds is 6. The molecule has 1 fully saturated rings. The first-order valence-electron chi connectivity index (χ1n) is 9.05. The molecule has 0 aromatic heterocycles. The standard InChI is InChI=1S/C21H26N2O4/c1-25-17-10-11-19(20(13-17)27-3)21(24)22-15-6-8-16(9-7-15)23-12-4-5-18(14-23)26-2/h6-11,13,18H,4-5,12,14H2,1-3H3,(H,22,24). The van der Waals surface area contributed by atoms with E-state index in [1.165, 1.54) is 7.11 Å². The molecular weight excluding hydrogens is 344 g/mol. The number of ether oxygens (including phenoxy) is 3. The molecule has 2 aromatic carbocycles. The monoisotopic (exact) mass is 370 g/mol. The molecule has 0 aliphatic carbocycles. The van der Waals surface area contributed by atoms with Crippen LogP contribution in [0.4, 0.5) is 11.4 Å². The third-order valence-corrected chi connectivity index (χ3v) is 4.86. The van der Waals surface area contributed by atoms with Gasteiger partial charge >= 0.3 is 0 Å². The Labute approximate surface area is 160 Å². The molecule has 0 bridgehead atoms. The smallest absolute Gasteiger partial charge is 0.259 e. The van der Waals surface area contributed by atoms with Gasteiger partial charge in [-0.15, -0.1) is 0 Å². The third kappa shape index (κ3) is 4.52. The lowest BCUT2D eigenvalue weighted by Crippen LogP contribution is -2.39. The number of piperidine rings is 1. The van der Waals surface area contributed by atoms with Crippen LogP contribution >= 0.6 is 0 Å². The first-order valence-corrected chi connectivity index (χ1v) is 9.05. The third-order valence-electron chi connectivity index (χ3n) is 4.86. The van der Waals surface area contributed by atoms with Crippen LogP contribution in [-0.2, 0) is 4.74 Å². The van der Waals surface area contributed by atoms with Crippen molar-refractivity contribution in [3.63, 3.8) is 0 Å². The Balaban J connectivity index is 1.68. The van der Waals surface area contributed by atoms with Gasteiger partial charge in [0.15, 0.2) is 0 Å². The number of carbonyl (C=O) groups is 1. The fraction of sp³-hybridized carbons (Fsp3) is 0.381. The zero-order valence-corrected chi connectivity index (χ0v) is 16.0. The number of carbonyl (C=O) groups excluding carboxylic acids is 1. The molecule has 144 valence electrons. The molecule has 2 aromatic rings. The number of benzene rings is 2. The van der Waals surface area contributed by atoms with Crippen LogP contribution in [0.2, 0.25) is 0 Å². The van der Waals surface area contributed by atoms with E-state index in [-0.39, 0.29) is 12.0 Å². The summed E-state index contributed by atoms with van der Waals surface area (Å²) < 4.78 is 16.0. The van der Waals surface area contributed by atoms with Crippen LogP contribution in [0.3, 0.4) is 0 Å². The topological polar surface area (TPSA) is 60.0 Å². The largest absolute Gasteiger partial charge is 0.497 e. The minimum absolute atomic E-state index is 0.223. The molecule has 0 saturated carbocycles. The highest BCUT2D eigenvalue weighted by Crippen LogP contribution is 2.26. The van der Waals surface area contributed by atoms with E-state index >= 15 is 0 Å². The van der Waals surface area contributed by atoms with E-state index in [1.807, 2.05) is 24.3 Å². The molecule has 1 amide bonds. The van der Waals surface area contributed by atoms with Gasteiger partial charge < -0.3 is 24.4 Å². The molecule has 6 nitrogen and oxygen atoms in total. The Morgan fingerprint density at radius 2 is 1.85 bits per heavy atom. The fourth-order valence-corrected chi connectivity index (χ4v) is 3.31. The van der Waals surface area contributed by atoms with Crippen molar-refractivity contribution in [2.24, 2.45) is 0 Å². The highest BCUT2D eigenvalue weighted by molar-refractivity contribution is 6.06. The van der Waals surface area contributed by atoms with Crippen LogP contribution in [0, 0.1) is 0 Å². The van der Waals surface area contributed by atoms with E-state index in [9.17, 15) is 4.79 Å². The van der Waals surface area contributed by atoms with Crippen molar-refractivity contribution in [1.29, 1.82) is 0 Å². The summed E-state index contributed by atoms with van der Waals surface area (Å²) in [6.07, 6.45) is 2.50. The Morgan fingerprint density at radius 3 is 2.52 bits per heavy atom. The molecule has 1 aliphatic heterocycles.